The third-order valence-corrected chi connectivity index (χ3v) is 4.48. The summed E-state index contributed by atoms with van der Waals surface area (Å²) in [6, 6.07) is 8.14. The zero-order chi connectivity index (χ0) is 22.4. The van der Waals surface area contributed by atoms with Crippen LogP contribution in [0, 0.1) is 10.1 Å². The Labute approximate surface area is 177 Å². The molecule has 0 atom stereocenters. The summed E-state index contributed by atoms with van der Waals surface area (Å²) >= 11 is 0. The van der Waals surface area contributed by atoms with Gasteiger partial charge in [0, 0.05) is 24.2 Å². The van der Waals surface area contributed by atoms with Gasteiger partial charge in [-0.3, -0.25) is 29.6 Å². The molecule has 10 heteroatoms. The minimum Gasteiger partial charge on any atom is -0.465 e. The van der Waals surface area contributed by atoms with Gasteiger partial charge in [-0.15, -0.1) is 0 Å². The fourth-order valence-corrected chi connectivity index (χ4v) is 3.26. The average Bonchev–Trinajstić information content (AvgIpc) is 2.73. The lowest BCUT2D eigenvalue weighted by molar-refractivity contribution is -0.382. The molecule has 10 nitrogen and oxygen atoms in total. The van der Waals surface area contributed by atoms with E-state index in [1.807, 2.05) is 0 Å². The Hall–Kier alpha value is -3.66. The third kappa shape index (κ3) is 5.28. The fourth-order valence-electron chi connectivity index (χ4n) is 3.26. The van der Waals surface area contributed by atoms with E-state index < -0.39 is 16.9 Å². The molecule has 0 fully saturated rings. The second-order valence-corrected chi connectivity index (χ2v) is 6.68. The smallest absolute Gasteiger partial charge is 0.320 e. The van der Waals surface area contributed by atoms with Gasteiger partial charge in [0.2, 0.25) is 0 Å². The molecule has 0 amide bonds. The molecule has 3 aromatic rings. The lowest BCUT2D eigenvalue weighted by Gasteiger charge is -2.20. The number of ether oxygens (including phenoxy) is 2. The van der Waals surface area contributed by atoms with Crippen LogP contribution < -0.4 is 0 Å². The van der Waals surface area contributed by atoms with Gasteiger partial charge in [-0.1, -0.05) is 6.07 Å². The van der Waals surface area contributed by atoms with Gasteiger partial charge < -0.3 is 9.47 Å². The van der Waals surface area contributed by atoms with Crippen molar-refractivity contribution in [3.8, 4) is 0 Å². The molecule has 0 radical (unpaired) electrons. The summed E-state index contributed by atoms with van der Waals surface area (Å²) in [6.07, 6.45) is 1.59. The van der Waals surface area contributed by atoms with Crippen molar-refractivity contribution in [1.29, 1.82) is 0 Å². The summed E-state index contributed by atoms with van der Waals surface area (Å²) in [5.74, 6) is -0.953. The highest BCUT2D eigenvalue weighted by molar-refractivity contribution is 6.07. The van der Waals surface area contributed by atoms with E-state index in [1.165, 1.54) is 6.07 Å². The lowest BCUT2D eigenvalue weighted by Crippen LogP contribution is -2.36. The topological polar surface area (TPSA) is 125 Å². The lowest BCUT2D eigenvalue weighted by atomic mass is 10.1. The SMILES string of the molecule is CCOC(=O)CN(CC(=O)OCC)Cc1ccc2c([N+](=O)[O-])cc3cccnc3c2n1. The van der Waals surface area contributed by atoms with Crippen LogP contribution in [0.5, 0.6) is 0 Å². The average molecular weight is 426 g/mol. The van der Waals surface area contributed by atoms with Gasteiger partial charge in [0.1, 0.15) is 5.52 Å². The van der Waals surface area contributed by atoms with Gasteiger partial charge >= 0.3 is 11.9 Å². The highest BCUT2D eigenvalue weighted by atomic mass is 16.6. The van der Waals surface area contributed by atoms with Crippen LogP contribution in [0.15, 0.2) is 36.5 Å². The van der Waals surface area contributed by atoms with E-state index in [0.29, 0.717) is 27.5 Å². The molecule has 2 aromatic heterocycles. The molecule has 2 heterocycles. The number of nitrogens with zero attached hydrogens (tertiary/aromatic N) is 4. The maximum Gasteiger partial charge on any atom is 0.320 e. The number of carbonyl (C=O) groups is 2. The number of non-ortho nitro benzene ring substituents is 1. The summed E-state index contributed by atoms with van der Waals surface area (Å²) in [5.41, 5.74) is 1.37. The van der Waals surface area contributed by atoms with Crippen molar-refractivity contribution in [2.45, 2.75) is 20.4 Å². The van der Waals surface area contributed by atoms with E-state index in [-0.39, 0.29) is 38.5 Å². The van der Waals surface area contributed by atoms with E-state index in [0.717, 1.165) is 0 Å². The number of hydrogen-bond acceptors (Lipinski definition) is 9. The van der Waals surface area contributed by atoms with Crippen LogP contribution in [0.1, 0.15) is 19.5 Å². The number of carbonyl (C=O) groups excluding carboxylic acids is 2. The number of esters is 2. The molecular weight excluding hydrogens is 404 g/mol. The number of hydrogen-bond donors (Lipinski definition) is 0. The number of aromatic nitrogens is 2. The molecule has 1 aromatic carbocycles. The Balaban J connectivity index is 1.99. The van der Waals surface area contributed by atoms with Crippen LogP contribution in [0.4, 0.5) is 5.69 Å². The summed E-state index contributed by atoms with van der Waals surface area (Å²) < 4.78 is 9.97. The van der Waals surface area contributed by atoms with Gasteiger partial charge in [-0.05, 0) is 32.0 Å². The Bertz CT molecular complexity index is 1110. The standard InChI is InChI=1S/C21H22N4O6/c1-3-30-18(26)12-24(13-19(27)31-4-2)11-15-7-8-16-17(25(28)29)10-14-6-5-9-22-20(14)21(16)23-15/h5-10H,3-4,11-13H2,1-2H3. The largest absolute Gasteiger partial charge is 0.465 e. The molecule has 0 aliphatic rings. The fraction of sp³-hybridized carbons (Fsp3) is 0.333. The first-order chi connectivity index (χ1) is 14.9. The molecule has 31 heavy (non-hydrogen) atoms. The molecule has 0 aliphatic carbocycles. The third-order valence-electron chi connectivity index (χ3n) is 4.48. The summed E-state index contributed by atoms with van der Waals surface area (Å²) in [5, 5.41) is 12.5. The molecule has 0 unspecified atom stereocenters. The number of pyridine rings is 2. The second-order valence-electron chi connectivity index (χ2n) is 6.68. The molecule has 0 aliphatic heterocycles. The van der Waals surface area contributed by atoms with Crippen molar-refractivity contribution < 1.29 is 24.0 Å². The van der Waals surface area contributed by atoms with Crippen LogP contribution in [-0.4, -0.2) is 58.0 Å². The highest BCUT2D eigenvalue weighted by Crippen LogP contribution is 2.31. The van der Waals surface area contributed by atoms with Crippen LogP contribution in [-0.2, 0) is 25.6 Å². The maximum absolute atomic E-state index is 12.0. The van der Waals surface area contributed by atoms with Crippen molar-refractivity contribution in [1.82, 2.24) is 14.9 Å². The number of nitro groups is 1. The quantitative estimate of drug-likeness (QED) is 0.220. The van der Waals surface area contributed by atoms with E-state index >= 15 is 0 Å². The molecule has 0 spiro atoms. The van der Waals surface area contributed by atoms with E-state index in [4.69, 9.17) is 9.47 Å². The van der Waals surface area contributed by atoms with E-state index in [9.17, 15) is 19.7 Å². The van der Waals surface area contributed by atoms with Crippen LogP contribution in [0.25, 0.3) is 21.8 Å². The van der Waals surface area contributed by atoms with Gasteiger partial charge in [0.15, 0.2) is 0 Å². The van der Waals surface area contributed by atoms with Gasteiger partial charge in [-0.2, -0.15) is 0 Å². The monoisotopic (exact) mass is 426 g/mol. The molecule has 0 saturated carbocycles. The van der Waals surface area contributed by atoms with Crippen molar-refractivity contribution in [2.24, 2.45) is 0 Å². The van der Waals surface area contributed by atoms with Gasteiger partial charge in [0.05, 0.1) is 47.8 Å². The summed E-state index contributed by atoms with van der Waals surface area (Å²) in [6.45, 7) is 3.74. The number of rotatable bonds is 9. The molecule has 0 N–H and O–H groups in total. The predicted octanol–water partition coefficient (Wildman–Crippen LogP) is 2.62. The first-order valence-electron chi connectivity index (χ1n) is 9.78. The minimum absolute atomic E-state index is 0.0653. The van der Waals surface area contributed by atoms with Crippen molar-refractivity contribution in [2.75, 3.05) is 26.3 Å². The molecular formula is C21H22N4O6. The number of nitro benzene ring substituents is 1. The van der Waals surface area contributed by atoms with E-state index in [1.54, 1.807) is 49.2 Å². The van der Waals surface area contributed by atoms with E-state index in [2.05, 4.69) is 9.97 Å². The zero-order valence-corrected chi connectivity index (χ0v) is 17.2. The minimum atomic E-state index is -0.477. The predicted molar refractivity (Wildman–Crippen MR) is 112 cm³/mol. The number of benzene rings is 1. The Morgan fingerprint density at radius 1 is 1.06 bits per heavy atom. The second kappa shape index (κ2) is 9.90. The normalized spacial score (nSPS) is 11.1. The van der Waals surface area contributed by atoms with Crippen molar-refractivity contribution in [3.05, 3.63) is 52.3 Å². The van der Waals surface area contributed by atoms with Crippen molar-refractivity contribution in [3.63, 3.8) is 0 Å². The van der Waals surface area contributed by atoms with Gasteiger partial charge in [0.25, 0.3) is 5.69 Å². The zero-order valence-electron chi connectivity index (χ0n) is 17.2. The first kappa shape index (κ1) is 22.0. The highest BCUT2D eigenvalue weighted by Gasteiger charge is 2.20. The Kier molecular flexibility index (Phi) is 7.03. The maximum atomic E-state index is 12.0. The molecule has 0 bridgehead atoms. The molecule has 0 saturated heterocycles. The summed E-state index contributed by atoms with van der Waals surface area (Å²) in [4.78, 5) is 45.5. The molecule has 162 valence electrons. The number of fused-ring (bicyclic) bond motifs is 3. The Morgan fingerprint density at radius 2 is 1.74 bits per heavy atom. The van der Waals surface area contributed by atoms with Crippen molar-refractivity contribution >= 4 is 39.4 Å². The first-order valence-corrected chi connectivity index (χ1v) is 9.78. The molecule has 3 rings (SSSR count). The van der Waals surface area contributed by atoms with Crippen LogP contribution in [0.3, 0.4) is 0 Å². The summed E-state index contributed by atoms with van der Waals surface area (Å²) in [7, 11) is 0. The Morgan fingerprint density at radius 3 is 2.35 bits per heavy atom. The van der Waals surface area contributed by atoms with Crippen LogP contribution >= 0.6 is 0 Å². The van der Waals surface area contributed by atoms with Crippen LogP contribution in [0.2, 0.25) is 0 Å². The van der Waals surface area contributed by atoms with Gasteiger partial charge in [-0.25, -0.2) is 4.98 Å².